The molecule has 2 unspecified atom stereocenters. The number of nitrogen functional groups attached to an aromatic ring is 1. The van der Waals surface area contributed by atoms with E-state index in [0.29, 0.717) is 11.7 Å². The Morgan fingerprint density at radius 2 is 2.28 bits per heavy atom. The third kappa shape index (κ3) is 1.97. The van der Waals surface area contributed by atoms with Crippen LogP contribution in [0.25, 0.3) is 10.9 Å². The first kappa shape index (κ1) is 11.2. The minimum atomic E-state index is 0.212. The van der Waals surface area contributed by atoms with Gasteiger partial charge in [0, 0.05) is 17.7 Å². The molecule has 2 atom stereocenters. The average molecular weight is 244 g/mol. The summed E-state index contributed by atoms with van der Waals surface area (Å²) in [6.45, 7) is 2.88. The van der Waals surface area contributed by atoms with Crippen LogP contribution in [0.3, 0.4) is 0 Å². The fourth-order valence-corrected chi connectivity index (χ4v) is 2.29. The van der Waals surface area contributed by atoms with Crippen LogP contribution in [-0.4, -0.2) is 28.7 Å². The van der Waals surface area contributed by atoms with Crippen LogP contribution in [0.15, 0.2) is 24.5 Å². The van der Waals surface area contributed by atoms with Gasteiger partial charge in [-0.3, -0.25) is 0 Å². The summed E-state index contributed by atoms with van der Waals surface area (Å²) in [6, 6.07) is 5.98. The molecule has 1 aromatic carbocycles. The van der Waals surface area contributed by atoms with Crippen LogP contribution in [0.5, 0.6) is 0 Å². The Morgan fingerprint density at radius 1 is 1.39 bits per heavy atom. The van der Waals surface area contributed by atoms with Crippen molar-refractivity contribution in [3.63, 3.8) is 0 Å². The molecule has 94 valence electrons. The van der Waals surface area contributed by atoms with Gasteiger partial charge < -0.3 is 15.8 Å². The molecule has 2 aromatic rings. The summed E-state index contributed by atoms with van der Waals surface area (Å²) in [6.07, 6.45) is 2.77. The molecule has 5 nitrogen and oxygen atoms in total. The number of ether oxygens (including phenoxy) is 1. The van der Waals surface area contributed by atoms with Crippen LogP contribution >= 0.6 is 0 Å². The Balaban J connectivity index is 1.96. The molecule has 0 bridgehead atoms. The molecular formula is C13H16N4O. The molecule has 18 heavy (non-hydrogen) atoms. The van der Waals surface area contributed by atoms with E-state index in [1.165, 1.54) is 0 Å². The first-order valence-electron chi connectivity index (χ1n) is 6.12. The van der Waals surface area contributed by atoms with Crippen LogP contribution in [-0.2, 0) is 4.74 Å². The largest absolute Gasteiger partial charge is 0.399 e. The number of nitrogens with zero attached hydrogens (tertiary/aromatic N) is 2. The highest BCUT2D eigenvalue weighted by atomic mass is 16.5. The fourth-order valence-electron chi connectivity index (χ4n) is 2.29. The molecule has 1 aliphatic heterocycles. The number of nitrogens with one attached hydrogen (secondary N) is 1. The minimum absolute atomic E-state index is 0.212. The van der Waals surface area contributed by atoms with E-state index in [4.69, 9.17) is 10.5 Å². The quantitative estimate of drug-likeness (QED) is 0.788. The van der Waals surface area contributed by atoms with Gasteiger partial charge in [-0.15, -0.1) is 0 Å². The number of anilines is 2. The lowest BCUT2D eigenvalue weighted by molar-refractivity contribution is 0.121. The second-order valence-electron chi connectivity index (χ2n) is 4.61. The van der Waals surface area contributed by atoms with E-state index >= 15 is 0 Å². The molecule has 3 rings (SSSR count). The Hall–Kier alpha value is -1.88. The van der Waals surface area contributed by atoms with Gasteiger partial charge in [0.25, 0.3) is 0 Å². The zero-order chi connectivity index (χ0) is 12.5. The standard InChI is InChI=1S/C13H16N4O/c1-8-11(4-5-18-8)17-13-10-3-2-9(14)6-12(10)15-7-16-13/h2-3,6-8,11H,4-5,14H2,1H3,(H,15,16,17). The highest BCUT2D eigenvalue weighted by molar-refractivity contribution is 5.90. The molecule has 0 aliphatic carbocycles. The maximum atomic E-state index is 5.76. The smallest absolute Gasteiger partial charge is 0.137 e. The number of aromatic nitrogens is 2. The SMILES string of the molecule is CC1OCCC1Nc1ncnc2cc(N)ccc12. The zero-order valence-corrected chi connectivity index (χ0v) is 10.3. The third-order valence-electron chi connectivity index (χ3n) is 3.36. The topological polar surface area (TPSA) is 73.1 Å². The molecule has 1 fully saturated rings. The number of nitrogens with two attached hydrogens (primary N) is 1. The number of benzene rings is 1. The number of rotatable bonds is 2. The van der Waals surface area contributed by atoms with E-state index in [-0.39, 0.29) is 6.10 Å². The van der Waals surface area contributed by atoms with Gasteiger partial charge in [-0.2, -0.15) is 0 Å². The highest BCUT2D eigenvalue weighted by Gasteiger charge is 2.24. The first-order chi connectivity index (χ1) is 8.74. The van der Waals surface area contributed by atoms with Gasteiger partial charge in [0.2, 0.25) is 0 Å². The fraction of sp³-hybridized carbons (Fsp3) is 0.385. The summed E-state index contributed by atoms with van der Waals surface area (Å²) in [7, 11) is 0. The van der Waals surface area contributed by atoms with E-state index in [2.05, 4.69) is 22.2 Å². The molecule has 0 saturated carbocycles. The monoisotopic (exact) mass is 244 g/mol. The van der Waals surface area contributed by atoms with Gasteiger partial charge in [0.05, 0.1) is 17.7 Å². The molecule has 3 N–H and O–H groups in total. The van der Waals surface area contributed by atoms with Crippen molar-refractivity contribution in [3.05, 3.63) is 24.5 Å². The second kappa shape index (κ2) is 4.42. The lowest BCUT2D eigenvalue weighted by Crippen LogP contribution is -2.27. The third-order valence-corrected chi connectivity index (χ3v) is 3.36. The molecule has 2 heterocycles. The number of fused-ring (bicyclic) bond motifs is 1. The van der Waals surface area contributed by atoms with E-state index in [0.717, 1.165) is 29.7 Å². The van der Waals surface area contributed by atoms with Gasteiger partial charge in [0.1, 0.15) is 12.1 Å². The van der Waals surface area contributed by atoms with Crippen molar-refractivity contribution in [3.8, 4) is 0 Å². The van der Waals surface area contributed by atoms with Gasteiger partial charge in [-0.25, -0.2) is 9.97 Å². The normalized spacial score (nSPS) is 23.4. The second-order valence-corrected chi connectivity index (χ2v) is 4.61. The van der Waals surface area contributed by atoms with Crippen molar-refractivity contribution in [2.45, 2.75) is 25.5 Å². The van der Waals surface area contributed by atoms with Gasteiger partial charge in [0.15, 0.2) is 0 Å². The van der Waals surface area contributed by atoms with Crippen LogP contribution in [0.1, 0.15) is 13.3 Å². The molecule has 1 aromatic heterocycles. The summed E-state index contributed by atoms with van der Waals surface area (Å²) in [5.74, 6) is 0.849. The zero-order valence-electron chi connectivity index (χ0n) is 10.3. The number of hydrogen-bond acceptors (Lipinski definition) is 5. The summed E-state index contributed by atoms with van der Waals surface area (Å²) in [5.41, 5.74) is 7.33. The van der Waals surface area contributed by atoms with Gasteiger partial charge in [-0.05, 0) is 31.5 Å². The highest BCUT2D eigenvalue weighted by Crippen LogP contribution is 2.24. The van der Waals surface area contributed by atoms with Crippen molar-refractivity contribution < 1.29 is 4.74 Å². The number of hydrogen-bond donors (Lipinski definition) is 2. The van der Waals surface area contributed by atoms with E-state index < -0.39 is 0 Å². The molecule has 0 amide bonds. The van der Waals surface area contributed by atoms with E-state index in [1.807, 2.05) is 18.2 Å². The molecule has 0 radical (unpaired) electrons. The molecular weight excluding hydrogens is 228 g/mol. The molecule has 0 spiro atoms. The maximum Gasteiger partial charge on any atom is 0.137 e. The Labute approximate surface area is 105 Å². The predicted molar refractivity (Wildman–Crippen MR) is 71.4 cm³/mol. The summed E-state index contributed by atoms with van der Waals surface area (Å²) in [5, 5.41) is 4.43. The van der Waals surface area contributed by atoms with Crippen molar-refractivity contribution in [2.75, 3.05) is 17.7 Å². The first-order valence-corrected chi connectivity index (χ1v) is 6.12. The van der Waals surface area contributed by atoms with Gasteiger partial charge in [-0.1, -0.05) is 0 Å². The lowest BCUT2D eigenvalue weighted by atomic mass is 10.1. The van der Waals surface area contributed by atoms with Crippen molar-refractivity contribution >= 4 is 22.4 Å². The van der Waals surface area contributed by atoms with Crippen LogP contribution in [0.2, 0.25) is 0 Å². The minimum Gasteiger partial charge on any atom is -0.399 e. The molecule has 1 aliphatic rings. The Kier molecular flexibility index (Phi) is 2.76. The predicted octanol–water partition coefficient (Wildman–Crippen LogP) is 1.80. The summed E-state index contributed by atoms with van der Waals surface area (Å²) >= 11 is 0. The van der Waals surface area contributed by atoms with E-state index in [1.54, 1.807) is 6.33 Å². The van der Waals surface area contributed by atoms with Crippen LogP contribution in [0, 0.1) is 0 Å². The van der Waals surface area contributed by atoms with Crippen LogP contribution < -0.4 is 11.1 Å². The lowest BCUT2D eigenvalue weighted by Gasteiger charge is -2.17. The summed E-state index contributed by atoms with van der Waals surface area (Å²) < 4.78 is 5.54. The average Bonchev–Trinajstić information content (AvgIpc) is 2.75. The van der Waals surface area contributed by atoms with Crippen molar-refractivity contribution in [1.29, 1.82) is 0 Å². The van der Waals surface area contributed by atoms with Crippen molar-refractivity contribution in [2.24, 2.45) is 0 Å². The van der Waals surface area contributed by atoms with E-state index in [9.17, 15) is 0 Å². The Bertz CT molecular complexity index is 572. The molecule has 5 heteroatoms. The molecule has 1 saturated heterocycles. The van der Waals surface area contributed by atoms with Crippen molar-refractivity contribution in [1.82, 2.24) is 9.97 Å². The summed E-state index contributed by atoms with van der Waals surface area (Å²) in [4.78, 5) is 8.55. The Morgan fingerprint density at radius 3 is 3.06 bits per heavy atom. The van der Waals surface area contributed by atoms with Crippen LogP contribution in [0.4, 0.5) is 11.5 Å². The maximum absolute atomic E-state index is 5.76. The van der Waals surface area contributed by atoms with Gasteiger partial charge >= 0.3 is 0 Å².